The van der Waals surface area contributed by atoms with Gasteiger partial charge in [0.05, 0.1) is 11.1 Å². The molecule has 14 rings (SSSR count). The quantitative estimate of drug-likeness (QED) is 0.132. The van der Waals surface area contributed by atoms with Crippen molar-refractivity contribution >= 4 is 38.6 Å². The smallest absolute Gasteiger partial charge is 0.0713 e. The average molecular weight is 966 g/mol. The van der Waals surface area contributed by atoms with E-state index in [1.165, 1.54) is 105 Å². The Morgan fingerprint density at radius 1 is 0.237 bits per heavy atom. The third-order valence-corrected chi connectivity index (χ3v) is 15.8. The van der Waals surface area contributed by atoms with Crippen molar-refractivity contribution in [1.82, 2.24) is 0 Å². The van der Waals surface area contributed by atoms with Gasteiger partial charge < -0.3 is 4.90 Å². The molecule has 0 N–H and O–H groups in total. The zero-order chi connectivity index (χ0) is 50.4. The fourth-order valence-corrected chi connectivity index (χ4v) is 12.4. The lowest BCUT2D eigenvalue weighted by Crippen LogP contribution is -2.28. The monoisotopic (exact) mass is 965 g/mol. The molecule has 1 aliphatic rings. The first-order chi connectivity index (χ1) is 37.7. The van der Waals surface area contributed by atoms with Crippen LogP contribution in [0.15, 0.2) is 309 Å². The number of nitrogens with zero attached hydrogens (tertiary/aromatic N) is 1. The predicted molar refractivity (Wildman–Crippen MR) is 321 cm³/mol. The van der Waals surface area contributed by atoms with Crippen molar-refractivity contribution in [3.05, 3.63) is 332 Å². The highest BCUT2D eigenvalue weighted by molar-refractivity contribution is 6.09. The first-order valence-electron chi connectivity index (χ1n) is 26.3. The predicted octanol–water partition coefficient (Wildman–Crippen LogP) is 20.2. The average Bonchev–Trinajstić information content (AvgIpc) is 3.82. The Bertz CT molecular complexity index is 4190. The highest BCUT2D eigenvalue weighted by Gasteiger charge is 2.46. The normalized spacial score (nSPS) is 12.3. The topological polar surface area (TPSA) is 3.24 Å². The lowest BCUT2D eigenvalue weighted by atomic mass is 9.67. The number of rotatable bonds is 10. The summed E-state index contributed by atoms with van der Waals surface area (Å²) in [5.74, 6) is 0. The van der Waals surface area contributed by atoms with Crippen molar-refractivity contribution in [3.63, 3.8) is 0 Å². The van der Waals surface area contributed by atoms with E-state index in [1.54, 1.807) is 0 Å². The molecule has 0 fully saturated rings. The molecule has 0 aliphatic heterocycles. The van der Waals surface area contributed by atoms with Crippen LogP contribution in [-0.4, -0.2) is 0 Å². The van der Waals surface area contributed by atoms with Crippen molar-refractivity contribution in [1.29, 1.82) is 0 Å². The molecule has 13 aromatic carbocycles. The van der Waals surface area contributed by atoms with Crippen molar-refractivity contribution in [2.45, 2.75) is 5.41 Å². The molecule has 1 aliphatic carbocycles. The SMILES string of the molecule is c1ccc(-c2cccc3cccc(-c4ccccc4N(c4ccc(-c5ccc(-c6cccc7ccccc67)cc5)cc4)c4ccc(-c5cccc6c5-c5ccccc5C6(c5ccccc5)c5ccccc5)cc4)c23)cc1. The lowest BCUT2D eigenvalue weighted by molar-refractivity contribution is 0.768. The van der Waals surface area contributed by atoms with Crippen LogP contribution in [0.4, 0.5) is 17.1 Å². The summed E-state index contributed by atoms with van der Waals surface area (Å²) in [6.45, 7) is 0. The zero-order valence-corrected chi connectivity index (χ0v) is 41.9. The lowest BCUT2D eigenvalue weighted by Gasteiger charge is -2.34. The molecule has 0 spiro atoms. The summed E-state index contributed by atoms with van der Waals surface area (Å²) in [7, 11) is 0. The second-order valence-corrected chi connectivity index (χ2v) is 19.9. The van der Waals surface area contributed by atoms with Crippen molar-refractivity contribution in [2.24, 2.45) is 0 Å². The molecule has 0 bridgehead atoms. The summed E-state index contributed by atoms with van der Waals surface area (Å²) >= 11 is 0. The van der Waals surface area contributed by atoms with E-state index in [2.05, 4.69) is 314 Å². The Labute approximate surface area is 444 Å². The first kappa shape index (κ1) is 44.8. The number of hydrogen-bond donors (Lipinski definition) is 0. The van der Waals surface area contributed by atoms with E-state index in [0.717, 1.165) is 22.6 Å². The first-order valence-corrected chi connectivity index (χ1v) is 26.3. The molecule has 1 heteroatoms. The highest BCUT2D eigenvalue weighted by Crippen LogP contribution is 2.58. The molecule has 356 valence electrons. The Morgan fingerprint density at radius 2 is 0.658 bits per heavy atom. The maximum atomic E-state index is 2.44. The van der Waals surface area contributed by atoms with Crippen LogP contribution in [0.3, 0.4) is 0 Å². The molecule has 1 nitrogen and oxygen atoms in total. The van der Waals surface area contributed by atoms with E-state index in [9.17, 15) is 0 Å². The summed E-state index contributed by atoms with van der Waals surface area (Å²) in [4.78, 5) is 2.44. The van der Waals surface area contributed by atoms with Gasteiger partial charge in [-0.2, -0.15) is 0 Å². The van der Waals surface area contributed by atoms with E-state index in [0.29, 0.717) is 0 Å². The molecule has 0 heterocycles. The van der Waals surface area contributed by atoms with Gasteiger partial charge in [-0.15, -0.1) is 0 Å². The van der Waals surface area contributed by atoms with E-state index in [4.69, 9.17) is 0 Å². The highest BCUT2D eigenvalue weighted by atomic mass is 15.1. The Morgan fingerprint density at radius 3 is 1.34 bits per heavy atom. The van der Waals surface area contributed by atoms with Crippen LogP contribution < -0.4 is 4.90 Å². The number of anilines is 3. The van der Waals surface area contributed by atoms with Gasteiger partial charge >= 0.3 is 0 Å². The zero-order valence-electron chi connectivity index (χ0n) is 41.9. The minimum Gasteiger partial charge on any atom is -0.310 e. The van der Waals surface area contributed by atoms with Crippen LogP contribution in [0, 0.1) is 0 Å². The minimum absolute atomic E-state index is 0.474. The summed E-state index contributed by atoms with van der Waals surface area (Å²) in [6, 6.07) is 114. The number of para-hydroxylation sites is 1. The van der Waals surface area contributed by atoms with Gasteiger partial charge in [-0.05, 0) is 135 Å². The third kappa shape index (κ3) is 7.47. The molecule has 0 unspecified atom stereocenters. The van der Waals surface area contributed by atoms with Crippen LogP contribution in [-0.2, 0) is 5.41 Å². The molecule has 0 atom stereocenters. The van der Waals surface area contributed by atoms with E-state index in [-0.39, 0.29) is 0 Å². The Balaban J connectivity index is 0.908. The number of fused-ring (bicyclic) bond motifs is 5. The van der Waals surface area contributed by atoms with Gasteiger partial charge in [0.25, 0.3) is 0 Å². The molecule has 0 saturated heterocycles. The van der Waals surface area contributed by atoms with Gasteiger partial charge in [-0.25, -0.2) is 0 Å². The van der Waals surface area contributed by atoms with Gasteiger partial charge in [-0.3, -0.25) is 0 Å². The van der Waals surface area contributed by atoms with Gasteiger partial charge in [0, 0.05) is 16.9 Å². The number of hydrogen-bond acceptors (Lipinski definition) is 1. The van der Waals surface area contributed by atoms with Crippen molar-refractivity contribution in [2.75, 3.05) is 4.90 Å². The summed E-state index contributed by atoms with van der Waals surface area (Å²) in [6.07, 6.45) is 0. The van der Waals surface area contributed by atoms with Gasteiger partial charge in [0.2, 0.25) is 0 Å². The molecular formula is C75H51N. The van der Waals surface area contributed by atoms with Gasteiger partial charge in [-0.1, -0.05) is 279 Å². The molecular weight excluding hydrogens is 915 g/mol. The van der Waals surface area contributed by atoms with Gasteiger partial charge in [0.1, 0.15) is 0 Å². The van der Waals surface area contributed by atoms with Crippen LogP contribution in [0.1, 0.15) is 22.3 Å². The van der Waals surface area contributed by atoms with Crippen LogP contribution in [0.5, 0.6) is 0 Å². The maximum absolute atomic E-state index is 2.44. The largest absolute Gasteiger partial charge is 0.310 e. The maximum Gasteiger partial charge on any atom is 0.0713 e. The summed E-state index contributed by atoms with van der Waals surface area (Å²) in [5.41, 5.74) is 22.4. The fraction of sp³-hybridized carbons (Fsp3) is 0.0133. The van der Waals surface area contributed by atoms with Crippen LogP contribution >= 0.6 is 0 Å². The Hall–Kier alpha value is -9.82. The second kappa shape index (κ2) is 18.9. The number of benzene rings is 13. The standard InChI is InChI=1S/C75H51N/c1-4-20-55(21-5-1)65-34-17-24-58-25-18-36-68(73(58)65)67-31-13-15-39-72(67)76(61-48-44-53(45-49-61)52-40-42-56(43-41-52)64-33-16-23-54-22-10-11-30-63(54)64)62-50-46-57(47-51-62)66-35-19-38-71-74(66)69-32-12-14-37-70(69)75(71,59-26-6-2-7-27-59)60-28-8-3-9-29-60/h1-51H. The molecule has 13 aromatic rings. The fourth-order valence-electron chi connectivity index (χ4n) is 12.4. The van der Waals surface area contributed by atoms with E-state index < -0.39 is 5.41 Å². The Kier molecular flexibility index (Phi) is 11.2. The third-order valence-electron chi connectivity index (χ3n) is 15.8. The van der Waals surface area contributed by atoms with Crippen molar-refractivity contribution < 1.29 is 0 Å². The van der Waals surface area contributed by atoms with E-state index >= 15 is 0 Å². The summed E-state index contributed by atoms with van der Waals surface area (Å²) in [5, 5.41) is 4.96. The van der Waals surface area contributed by atoms with Crippen molar-refractivity contribution in [3.8, 4) is 66.8 Å². The molecule has 76 heavy (non-hydrogen) atoms. The second-order valence-electron chi connectivity index (χ2n) is 19.9. The molecule has 0 saturated carbocycles. The van der Waals surface area contributed by atoms with Gasteiger partial charge in [0.15, 0.2) is 0 Å². The van der Waals surface area contributed by atoms with E-state index in [1.807, 2.05) is 0 Å². The van der Waals surface area contributed by atoms with Crippen LogP contribution in [0.25, 0.3) is 88.3 Å². The molecule has 0 amide bonds. The summed E-state index contributed by atoms with van der Waals surface area (Å²) < 4.78 is 0. The minimum atomic E-state index is -0.474. The van der Waals surface area contributed by atoms with Crippen LogP contribution in [0.2, 0.25) is 0 Å². The molecule has 0 aromatic heterocycles. The molecule has 0 radical (unpaired) electrons.